The van der Waals surface area contributed by atoms with Crippen LogP contribution in [0.25, 0.3) is 33.9 Å². The average molecular weight is 889 g/mol. The van der Waals surface area contributed by atoms with Crippen LogP contribution in [0.15, 0.2) is 93.5 Å². The fourth-order valence-electron chi connectivity index (χ4n) is 4.88. The van der Waals surface area contributed by atoms with Crippen LogP contribution in [0, 0.1) is 0 Å². The van der Waals surface area contributed by atoms with E-state index >= 15 is 0 Å². The van der Waals surface area contributed by atoms with E-state index in [1.165, 1.54) is 36.7 Å². The van der Waals surface area contributed by atoms with Crippen molar-refractivity contribution in [3.05, 3.63) is 110 Å². The van der Waals surface area contributed by atoms with Gasteiger partial charge in [0.25, 0.3) is 0 Å². The number of carbonyl (C=O) groups excluding carboxylic acids is 2. The largest absolute Gasteiger partial charge is 0.465 e. The molecule has 10 nitrogen and oxygen atoms in total. The first-order valence-electron chi connectivity index (χ1n) is 14.4. The summed E-state index contributed by atoms with van der Waals surface area (Å²) in [5.74, 6) is 0.319. The smallest absolute Gasteiger partial charge is 0.447 e. The van der Waals surface area contributed by atoms with Gasteiger partial charge in [-0.1, -0.05) is 35.3 Å². The van der Waals surface area contributed by atoms with Gasteiger partial charge < -0.3 is 18.6 Å². The molecular weight excluding hydrogens is 864 g/mol. The predicted molar refractivity (Wildman–Crippen MR) is 196 cm³/mol. The van der Waals surface area contributed by atoms with Crippen LogP contribution in [-0.2, 0) is 23.6 Å². The number of thioether (sulfide) groups is 1. The van der Waals surface area contributed by atoms with Crippen LogP contribution in [0.5, 0.6) is 0 Å². The molecule has 0 radical (unpaired) electrons. The Labute approximate surface area is 320 Å². The SMILES string of the molecule is COC(=O)c1cc(-c2cnn(-c3c(Br)c(Br)c(SC(F)(F)F)n3C)c2)ccc1Cl.COC(=O)c1cc(-c2cnn(-c3cccn3C)c2)ccc1Cl. The van der Waals surface area contributed by atoms with E-state index in [-0.39, 0.29) is 31.8 Å². The number of hydrogen-bond donors (Lipinski definition) is 0. The number of aryl methyl sites for hydroxylation is 1. The maximum Gasteiger partial charge on any atom is 0.447 e. The molecule has 266 valence electrons. The molecule has 4 aromatic heterocycles. The molecule has 0 aliphatic heterocycles. The molecule has 0 unspecified atom stereocenters. The molecular formula is C33H25Br2Cl2F3N6O4S. The maximum absolute atomic E-state index is 12.9. The quantitative estimate of drug-likeness (QED) is 0.116. The van der Waals surface area contributed by atoms with Crippen LogP contribution >= 0.6 is 66.8 Å². The number of hydrogen-bond acceptors (Lipinski definition) is 7. The van der Waals surface area contributed by atoms with Crippen LogP contribution in [0.4, 0.5) is 13.2 Å². The molecule has 6 rings (SSSR count). The summed E-state index contributed by atoms with van der Waals surface area (Å²) < 4.78 is 55.4. The van der Waals surface area contributed by atoms with Gasteiger partial charge in [-0.25, -0.2) is 19.0 Å². The van der Waals surface area contributed by atoms with Crippen molar-refractivity contribution >= 4 is 78.8 Å². The molecule has 18 heteroatoms. The summed E-state index contributed by atoms with van der Waals surface area (Å²) in [6.07, 6.45) is 8.78. The van der Waals surface area contributed by atoms with Gasteiger partial charge in [0.1, 0.15) is 16.7 Å². The summed E-state index contributed by atoms with van der Waals surface area (Å²) >= 11 is 18.4. The summed E-state index contributed by atoms with van der Waals surface area (Å²) in [5, 5.41) is 9.21. The van der Waals surface area contributed by atoms with Crippen LogP contribution < -0.4 is 0 Å². The molecule has 4 heterocycles. The zero-order valence-electron chi connectivity index (χ0n) is 26.9. The Morgan fingerprint density at radius 1 is 0.784 bits per heavy atom. The maximum atomic E-state index is 12.9. The number of halogens is 7. The summed E-state index contributed by atoms with van der Waals surface area (Å²) in [7, 11) is 6.05. The third kappa shape index (κ3) is 8.41. The van der Waals surface area contributed by atoms with Crippen LogP contribution in [0.1, 0.15) is 20.7 Å². The second-order valence-electron chi connectivity index (χ2n) is 10.6. The fraction of sp³-hybridized carbons (Fsp3) is 0.152. The standard InChI is InChI=1S/C17H11Br2ClF3N3O2S.C16H14ClN3O2/c1-25-14(12(18)13(19)15(25)29-17(21,22)23)26-7-9(6-24-26)8-3-4-11(20)10(5-8)16(27)28-2;1-19-7-3-4-15(19)20-10-12(9-18-20)11-5-6-14(17)13(8-11)16(21)22-2/h3-7H,1-2H3;3-10H,1-2H3. The Bertz CT molecular complexity index is 2250. The Kier molecular flexibility index (Phi) is 11.8. The topological polar surface area (TPSA) is 98.1 Å². The molecule has 0 aliphatic rings. The van der Waals surface area contributed by atoms with Gasteiger partial charge >= 0.3 is 17.4 Å². The number of esters is 2. The molecule has 0 bridgehead atoms. The number of carbonyl (C=O) groups is 2. The highest BCUT2D eigenvalue weighted by atomic mass is 79.9. The number of nitrogens with zero attached hydrogens (tertiary/aromatic N) is 6. The number of rotatable bonds is 7. The van der Waals surface area contributed by atoms with Crippen LogP contribution in [0.2, 0.25) is 10.0 Å². The number of alkyl halides is 3. The van der Waals surface area contributed by atoms with Crippen LogP contribution in [-0.4, -0.2) is 60.4 Å². The highest BCUT2D eigenvalue weighted by Crippen LogP contribution is 2.46. The lowest BCUT2D eigenvalue weighted by Gasteiger charge is -2.09. The van der Waals surface area contributed by atoms with Gasteiger partial charge in [-0.2, -0.15) is 23.4 Å². The third-order valence-corrected chi connectivity index (χ3v) is 11.2. The van der Waals surface area contributed by atoms with E-state index in [0.29, 0.717) is 32.0 Å². The van der Waals surface area contributed by atoms with Crippen molar-refractivity contribution in [1.82, 2.24) is 28.7 Å². The monoisotopic (exact) mass is 886 g/mol. The minimum absolute atomic E-state index is 0.0177. The third-order valence-electron chi connectivity index (χ3n) is 7.35. The van der Waals surface area contributed by atoms with Crippen molar-refractivity contribution in [3.8, 4) is 33.9 Å². The summed E-state index contributed by atoms with van der Waals surface area (Å²) in [5.41, 5.74) is -0.863. The normalized spacial score (nSPS) is 11.3. The molecule has 0 amide bonds. The van der Waals surface area contributed by atoms with E-state index < -0.39 is 17.4 Å². The van der Waals surface area contributed by atoms with Gasteiger partial charge in [-0.3, -0.25) is 0 Å². The Morgan fingerprint density at radius 2 is 1.29 bits per heavy atom. The minimum atomic E-state index is -4.44. The van der Waals surface area contributed by atoms with Crippen molar-refractivity contribution in [1.29, 1.82) is 0 Å². The number of benzene rings is 2. The zero-order valence-corrected chi connectivity index (χ0v) is 32.4. The Morgan fingerprint density at radius 3 is 1.76 bits per heavy atom. The van der Waals surface area contributed by atoms with E-state index in [9.17, 15) is 22.8 Å². The van der Waals surface area contributed by atoms with Gasteiger partial charge in [-0.15, -0.1) is 0 Å². The summed E-state index contributed by atoms with van der Waals surface area (Å²) in [4.78, 5) is 23.6. The number of aromatic nitrogens is 6. The lowest BCUT2D eigenvalue weighted by Crippen LogP contribution is -2.06. The molecule has 0 saturated carbocycles. The molecule has 0 N–H and O–H groups in total. The van der Waals surface area contributed by atoms with E-state index in [1.807, 2.05) is 42.2 Å². The molecule has 0 aliphatic carbocycles. The Balaban J connectivity index is 0.000000205. The highest BCUT2D eigenvalue weighted by molar-refractivity contribution is 9.13. The summed E-state index contributed by atoms with van der Waals surface area (Å²) in [6.45, 7) is 0. The van der Waals surface area contributed by atoms with Crippen molar-refractivity contribution in [2.24, 2.45) is 14.1 Å². The van der Waals surface area contributed by atoms with Gasteiger partial charge in [0.15, 0.2) is 0 Å². The van der Waals surface area contributed by atoms with Gasteiger partial charge in [-0.05, 0) is 79.4 Å². The predicted octanol–water partition coefficient (Wildman–Crippen LogP) is 9.77. The Hall–Kier alpha value is -3.96. The highest BCUT2D eigenvalue weighted by Gasteiger charge is 2.34. The van der Waals surface area contributed by atoms with Crippen molar-refractivity contribution in [2.45, 2.75) is 10.5 Å². The first-order chi connectivity index (χ1) is 24.1. The number of ether oxygens (including phenoxy) is 2. The van der Waals surface area contributed by atoms with E-state index in [0.717, 1.165) is 16.9 Å². The molecule has 0 atom stereocenters. The summed E-state index contributed by atoms with van der Waals surface area (Å²) in [6, 6.07) is 14.0. The van der Waals surface area contributed by atoms with E-state index in [4.69, 9.17) is 32.7 Å². The minimum Gasteiger partial charge on any atom is -0.465 e. The van der Waals surface area contributed by atoms with E-state index in [1.54, 1.807) is 47.4 Å². The van der Waals surface area contributed by atoms with Gasteiger partial charge in [0.2, 0.25) is 0 Å². The number of methoxy groups -OCH3 is 2. The van der Waals surface area contributed by atoms with Gasteiger partial charge in [0.05, 0.1) is 56.7 Å². The molecule has 2 aromatic carbocycles. The van der Waals surface area contributed by atoms with Crippen molar-refractivity contribution in [3.63, 3.8) is 0 Å². The van der Waals surface area contributed by atoms with E-state index in [2.05, 4.69) is 42.1 Å². The lowest BCUT2D eigenvalue weighted by atomic mass is 10.1. The average Bonchev–Trinajstić information content (AvgIpc) is 3.90. The van der Waals surface area contributed by atoms with Crippen molar-refractivity contribution < 1.29 is 32.2 Å². The second-order valence-corrected chi connectivity index (χ2v) is 14.0. The van der Waals surface area contributed by atoms with Crippen LogP contribution in [0.3, 0.4) is 0 Å². The van der Waals surface area contributed by atoms with Gasteiger partial charge in [0, 0.05) is 55.6 Å². The molecule has 51 heavy (non-hydrogen) atoms. The van der Waals surface area contributed by atoms with Crippen molar-refractivity contribution in [2.75, 3.05) is 14.2 Å². The molecule has 0 spiro atoms. The first-order valence-corrected chi connectivity index (χ1v) is 17.6. The molecule has 0 fully saturated rings. The fourth-order valence-corrected chi connectivity index (χ4v) is 7.35. The lowest BCUT2D eigenvalue weighted by molar-refractivity contribution is -0.0330. The second kappa shape index (κ2) is 15.7. The molecule has 0 saturated heterocycles. The first kappa shape index (κ1) is 38.3. The molecule has 6 aromatic rings. The zero-order chi connectivity index (χ0) is 37.2.